The van der Waals surface area contributed by atoms with E-state index in [0.29, 0.717) is 6.54 Å². The van der Waals surface area contributed by atoms with Gasteiger partial charge in [0.2, 0.25) is 5.91 Å². The second-order valence-corrected chi connectivity index (χ2v) is 7.56. The predicted molar refractivity (Wildman–Crippen MR) is 106 cm³/mol. The lowest BCUT2D eigenvalue weighted by Crippen LogP contribution is -2.40. The molecule has 1 spiro atoms. The average molecular weight is 343 g/mol. The summed E-state index contributed by atoms with van der Waals surface area (Å²) in [5, 5.41) is 0. The zero-order valence-corrected chi connectivity index (χ0v) is 15.3. The van der Waals surface area contributed by atoms with Crippen molar-refractivity contribution in [3.8, 4) is 0 Å². The zero-order chi connectivity index (χ0) is 18.1. The van der Waals surface area contributed by atoms with E-state index in [-0.39, 0.29) is 11.8 Å². The summed E-state index contributed by atoms with van der Waals surface area (Å²) in [4.78, 5) is 15.8. The quantitative estimate of drug-likeness (QED) is 0.793. The van der Waals surface area contributed by atoms with E-state index in [9.17, 15) is 4.79 Å². The largest absolute Gasteiger partial charge is 0.337 e. The van der Waals surface area contributed by atoms with Gasteiger partial charge in [-0.1, -0.05) is 85.8 Å². The Morgan fingerprint density at radius 1 is 1.15 bits per heavy atom. The number of nitrogens with zero attached hydrogens (tertiary/aromatic N) is 1. The Balaban J connectivity index is 1.77. The summed E-state index contributed by atoms with van der Waals surface area (Å²) in [5.74, 6) is 0.525. The minimum absolute atomic E-state index is 0.260. The third-order valence-electron chi connectivity index (χ3n) is 6.05. The Bertz CT molecular complexity index is 867. The average Bonchev–Trinajstić information content (AvgIpc) is 2.83. The Labute approximate surface area is 155 Å². The molecule has 2 aromatic rings. The predicted octanol–water partition coefficient (Wildman–Crippen LogP) is 4.66. The first-order chi connectivity index (χ1) is 12.6. The van der Waals surface area contributed by atoms with Crippen molar-refractivity contribution in [3.05, 3.63) is 95.6 Å². The molecule has 0 aromatic heterocycles. The van der Waals surface area contributed by atoms with E-state index in [1.807, 2.05) is 29.2 Å². The van der Waals surface area contributed by atoms with Crippen LogP contribution in [0.3, 0.4) is 0 Å². The van der Waals surface area contributed by atoms with Crippen molar-refractivity contribution in [1.29, 1.82) is 0 Å². The van der Waals surface area contributed by atoms with E-state index in [2.05, 4.69) is 56.0 Å². The first-order valence-electron chi connectivity index (χ1n) is 9.38. The maximum atomic E-state index is 13.7. The first-order valence-corrected chi connectivity index (χ1v) is 9.38. The van der Waals surface area contributed by atoms with E-state index >= 15 is 0 Å². The number of allylic oxidation sites excluding steroid dienone is 3. The molecular weight excluding hydrogens is 318 g/mol. The molecule has 2 aliphatic rings. The lowest BCUT2D eigenvalue weighted by atomic mass is 9.68. The van der Waals surface area contributed by atoms with Crippen LogP contribution >= 0.6 is 0 Å². The van der Waals surface area contributed by atoms with Gasteiger partial charge in [0.25, 0.3) is 0 Å². The number of fused-ring (bicyclic) bond motifs is 2. The van der Waals surface area contributed by atoms with Gasteiger partial charge in [0.1, 0.15) is 0 Å². The molecule has 1 saturated heterocycles. The molecule has 0 radical (unpaired) electrons. The molecule has 1 amide bonds. The van der Waals surface area contributed by atoms with Crippen LogP contribution < -0.4 is 0 Å². The highest BCUT2D eigenvalue weighted by Gasteiger charge is 2.54. The molecule has 1 fully saturated rings. The van der Waals surface area contributed by atoms with Crippen LogP contribution in [0.15, 0.2) is 78.9 Å². The minimum Gasteiger partial charge on any atom is -0.337 e. The third kappa shape index (κ3) is 2.61. The second-order valence-electron chi connectivity index (χ2n) is 7.56. The monoisotopic (exact) mass is 343 g/mol. The summed E-state index contributed by atoms with van der Waals surface area (Å²) >= 11 is 0. The summed E-state index contributed by atoms with van der Waals surface area (Å²) in [5.41, 5.74) is 4.38. The van der Waals surface area contributed by atoms with Crippen LogP contribution in [0.1, 0.15) is 30.0 Å². The van der Waals surface area contributed by atoms with Gasteiger partial charge in [0, 0.05) is 13.1 Å². The Morgan fingerprint density at radius 2 is 1.88 bits per heavy atom. The summed E-state index contributed by atoms with van der Waals surface area (Å²) in [6, 6.07) is 18.8. The molecule has 2 heteroatoms. The molecule has 1 heterocycles. The minimum atomic E-state index is -0.470. The standard InChI is InChI=1S/C24H25NO/c1-3-19-13-14-21-11-7-8-12-22(21)24(15-19)18(2)16-25(23(24)26)17-20-9-5-4-6-10-20/h3-13,18H,1,14-17H2,2H3/t18-,24+/m0/s1. The summed E-state index contributed by atoms with van der Waals surface area (Å²) < 4.78 is 0. The molecule has 4 rings (SSSR count). The highest BCUT2D eigenvalue weighted by atomic mass is 16.2. The van der Waals surface area contributed by atoms with Gasteiger partial charge in [0.15, 0.2) is 0 Å². The molecule has 0 N–H and O–H groups in total. The van der Waals surface area contributed by atoms with E-state index in [0.717, 1.165) is 19.4 Å². The van der Waals surface area contributed by atoms with Crippen molar-refractivity contribution < 1.29 is 4.79 Å². The van der Waals surface area contributed by atoms with Gasteiger partial charge in [-0.3, -0.25) is 4.79 Å². The zero-order valence-electron chi connectivity index (χ0n) is 15.3. The van der Waals surface area contributed by atoms with Crippen molar-refractivity contribution in [3.63, 3.8) is 0 Å². The first kappa shape index (κ1) is 16.8. The maximum absolute atomic E-state index is 13.7. The number of carbonyl (C=O) groups is 1. The molecule has 0 bridgehead atoms. The van der Waals surface area contributed by atoms with Crippen molar-refractivity contribution in [2.75, 3.05) is 6.54 Å². The number of carbonyl (C=O) groups excluding carboxylic acids is 1. The number of benzene rings is 2. The van der Waals surface area contributed by atoms with E-state index in [4.69, 9.17) is 0 Å². The number of rotatable bonds is 3. The summed E-state index contributed by atoms with van der Waals surface area (Å²) in [7, 11) is 0. The fourth-order valence-corrected chi connectivity index (χ4v) is 4.65. The number of hydrogen-bond donors (Lipinski definition) is 0. The SMILES string of the molecule is C=CC1=CCc2ccccc2[C@]2(C1)C(=O)N(Cc1ccccc1)C[C@@H]2C. The molecule has 0 saturated carbocycles. The smallest absolute Gasteiger partial charge is 0.234 e. The van der Waals surface area contributed by atoms with Gasteiger partial charge in [-0.25, -0.2) is 0 Å². The van der Waals surface area contributed by atoms with Crippen molar-refractivity contribution in [2.24, 2.45) is 5.92 Å². The highest BCUT2D eigenvalue weighted by molar-refractivity contribution is 5.92. The van der Waals surface area contributed by atoms with Crippen LogP contribution in [-0.4, -0.2) is 17.4 Å². The molecule has 132 valence electrons. The van der Waals surface area contributed by atoms with E-state index < -0.39 is 5.41 Å². The fraction of sp³-hybridized carbons (Fsp3) is 0.292. The van der Waals surface area contributed by atoms with Crippen molar-refractivity contribution in [2.45, 2.75) is 31.7 Å². The van der Waals surface area contributed by atoms with Crippen LogP contribution in [0, 0.1) is 5.92 Å². The van der Waals surface area contributed by atoms with E-state index in [1.54, 1.807) is 0 Å². The van der Waals surface area contributed by atoms with Crippen LogP contribution in [0.5, 0.6) is 0 Å². The number of likely N-dealkylation sites (tertiary alicyclic amines) is 1. The van der Waals surface area contributed by atoms with Crippen LogP contribution in [0.2, 0.25) is 0 Å². The molecule has 0 unspecified atom stereocenters. The highest BCUT2D eigenvalue weighted by Crippen LogP contribution is 2.48. The van der Waals surface area contributed by atoms with Crippen LogP contribution in [-0.2, 0) is 23.2 Å². The van der Waals surface area contributed by atoms with Gasteiger partial charge in [-0.15, -0.1) is 0 Å². The molecule has 2 nitrogen and oxygen atoms in total. The van der Waals surface area contributed by atoms with Gasteiger partial charge >= 0.3 is 0 Å². The van der Waals surface area contributed by atoms with Crippen LogP contribution in [0.4, 0.5) is 0 Å². The van der Waals surface area contributed by atoms with Gasteiger partial charge in [-0.05, 0) is 35.4 Å². The summed E-state index contributed by atoms with van der Waals surface area (Å²) in [6.45, 7) is 7.69. The second kappa shape index (κ2) is 6.60. The van der Waals surface area contributed by atoms with Gasteiger partial charge in [0.05, 0.1) is 5.41 Å². The van der Waals surface area contributed by atoms with Gasteiger partial charge in [-0.2, -0.15) is 0 Å². The Morgan fingerprint density at radius 3 is 2.65 bits per heavy atom. The molecule has 2 atom stereocenters. The lowest BCUT2D eigenvalue weighted by molar-refractivity contribution is -0.133. The van der Waals surface area contributed by atoms with Crippen LogP contribution in [0.25, 0.3) is 0 Å². The fourth-order valence-electron chi connectivity index (χ4n) is 4.65. The topological polar surface area (TPSA) is 20.3 Å². The molecule has 2 aromatic carbocycles. The molecule has 26 heavy (non-hydrogen) atoms. The third-order valence-corrected chi connectivity index (χ3v) is 6.05. The normalized spacial score (nSPS) is 25.0. The van der Waals surface area contributed by atoms with Gasteiger partial charge < -0.3 is 4.90 Å². The number of amides is 1. The molecule has 1 aliphatic carbocycles. The van der Waals surface area contributed by atoms with Crippen molar-refractivity contribution in [1.82, 2.24) is 4.90 Å². The molecular formula is C24H25NO. The van der Waals surface area contributed by atoms with Crippen molar-refractivity contribution >= 4 is 5.91 Å². The van der Waals surface area contributed by atoms with E-state index in [1.165, 1.54) is 22.3 Å². The Kier molecular flexibility index (Phi) is 4.28. The molecule has 1 aliphatic heterocycles. The Hall–Kier alpha value is -2.61. The summed E-state index contributed by atoms with van der Waals surface area (Å²) in [6.07, 6.45) is 5.78. The lowest BCUT2D eigenvalue weighted by Gasteiger charge is -2.33. The maximum Gasteiger partial charge on any atom is 0.234 e. The number of hydrogen-bond acceptors (Lipinski definition) is 1.